The number of nitrogens with zero attached hydrogens (tertiary/aromatic N) is 5. The van der Waals surface area contributed by atoms with Gasteiger partial charge in [-0.3, -0.25) is 4.90 Å². The van der Waals surface area contributed by atoms with Gasteiger partial charge in [0.25, 0.3) is 0 Å². The molecule has 0 radical (unpaired) electrons. The van der Waals surface area contributed by atoms with Crippen molar-refractivity contribution in [1.29, 1.82) is 0 Å². The number of benzene rings is 1. The van der Waals surface area contributed by atoms with Crippen LogP contribution in [-0.4, -0.2) is 70.2 Å². The molecule has 2 aromatic heterocycles. The Bertz CT molecular complexity index is 1160. The zero-order chi connectivity index (χ0) is 24.4. The molecule has 3 aliphatic rings. The second-order valence-corrected chi connectivity index (χ2v) is 10.1. The Morgan fingerprint density at radius 3 is 2.69 bits per heavy atom. The third-order valence-corrected chi connectivity index (χ3v) is 7.70. The molecule has 3 N–H and O–H groups in total. The van der Waals surface area contributed by atoms with E-state index < -0.39 is 0 Å². The van der Waals surface area contributed by atoms with Gasteiger partial charge >= 0.3 is 0 Å². The van der Waals surface area contributed by atoms with Crippen molar-refractivity contribution < 1.29 is 4.74 Å². The van der Waals surface area contributed by atoms with Gasteiger partial charge in [-0.2, -0.15) is 4.98 Å². The summed E-state index contributed by atoms with van der Waals surface area (Å²) in [7, 11) is 4.03. The first kappa shape index (κ1) is 23.9. The van der Waals surface area contributed by atoms with Gasteiger partial charge in [0, 0.05) is 50.0 Å². The van der Waals surface area contributed by atoms with Gasteiger partial charge < -0.3 is 25.3 Å². The van der Waals surface area contributed by atoms with Crippen LogP contribution in [-0.2, 0) is 13.1 Å². The largest absolute Gasteiger partial charge is 0.496 e. The molecule has 8 heteroatoms. The zero-order valence-corrected chi connectivity index (χ0v) is 21.3. The number of piperidine rings is 2. The molecule has 2 atom stereocenters. The summed E-state index contributed by atoms with van der Waals surface area (Å²) in [5, 5.41) is 3.48. The summed E-state index contributed by atoms with van der Waals surface area (Å²) >= 11 is 0. The molecule has 0 spiro atoms. The molecule has 0 amide bonds. The molecule has 3 saturated heterocycles. The summed E-state index contributed by atoms with van der Waals surface area (Å²) in [5.41, 5.74) is 10.3. The molecule has 188 valence electrons. The molecular weight excluding hydrogens is 438 g/mol. The van der Waals surface area contributed by atoms with Crippen LogP contribution in [0.2, 0.25) is 0 Å². The zero-order valence-electron chi connectivity index (χ0n) is 21.3. The fourth-order valence-corrected chi connectivity index (χ4v) is 5.72. The summed E-state index contributed by atoms with van der Waals surface area (Å²) in [4.78, 5) is 14.1. The van der Waals surface area contributed by atoms with Crippen molar-refractivity contribution in [2.24, 2.45) is 0 Å². The molecule has 35 heavy (non-hydrogen) atoms. The monoisotopic (exact) mass is 477 g/mol. The quantitative estimate of drug-likeness (QED) is 0.428. The second-order valence-electron chi connectivity index (χ2n) is 10.1. The van der Waals surface area contributed by atoms with E-state index in [1.54, 1.807) is 7.11 Å². The Morgan fingerprint density at radius 2 is 1.94 bits per heavy atom. The number of anilines is 2. The molecule has 0 aliphatic carbocycles. The summed E-state index contributed by atoms with van der Waals surface area (Å²) < 4.78 is 8.04. The van der Waals surface area contributed by atoms with E-state index in [0.29, 0.717) is 24.6 Å². The number of aromatic nitrogens is 3. The molecule has 3 fully saturated rings. The maximum Gasteiger partial charge on any atom is 0.222 e. The highest BCUT2D eigenvalue weighted by molar-refractivity contribution is 5.87. The highest BCUT2D eigenvalue weighted by Crippen LogP contribution is 2.31. The smallest absolute Gasteiger partial charge is 0.222 e. The van der Waals surface area contributed by atoms with Crippen LogP contribution in [0.25, 0.3) is 11.0 Å². The number of methoxy groups -OCH3 is 1. The van der Waals surface area contributed by atoms with Crippen molar-refractivity contribution in [2.45, 2.75) is 64.2 Å². The number of unbranched alkanes of at least 4 members (excludes halogenated alkanes) is 2. The standard InChI is InChI=1S/C27H39N7O/c1-4-5-6-12-29-26-25-23(30-27(28)31-26)11-13-33(25)16-20-8-7-19(14-24(20)35-3)15-34-18-21-9-10-22(34)17-32(21)2/h7-8,11,13-14,21-22H,4-6,9-10,12,15-18H2,1-3H3,(H3,28,29,30,31). The minimum atomic E-state index is 0.299. The number of nitrogen functional groups attached to an aromatic ring is 1. The summed E-state index contributed by atoms with van der Waals surface area (Å²) in [6, 6.07) is 10.1. The van der Waals surface area contributed by atoms with E-state index in [1.807, 2.05) is 6.07 Å². The van der Waals surface area contributed by atoms with Gasteiger partial charge in [0.2, 0.25) is 5.95 Å². The Labute approximate surface area is 208 Å². The van der Waals surface area contributed by atoms with Gasteiger partial charge in [-0.05, 0) is 44.0 Å². The molecule has 3 aromatic rings. The van der Waals surface area contributed by atoms with Gasteiger partial charge in [0.1, 0.15) is 11.3 Å². The van der Waals surface area contributed by atoms with Crippen molar-refractivity contribution in [1.82, 2.24) is 24.3 Å². The molecule has 8 nitrogen and oxygen atoms in total. The average molecular weight is 478 g/mol. The van der Waals surface area contributed by atoms with Crippen molar-refractivity contribution in [2.75, 3.05) is 44.8 Å². The number of nitrogens with two attached hydrogens (primary N) is 1. The number of ether oxygens (including phenoxy) is 1. The average Bonchev–Trinajstić information content (AvgIpc) is 3.25. The Hall–Kier alpha value is -2.84. The molecule has 1 aromatic carbocycles. The van der Waals surface area contributed by atoms with E-state index in [-0.39, 0.29) is 0 Å². The third-order valence-electron chi connectivity index (χ3n) is 7.70. The second kappa shape index (κ2) is 10.4. The number of likely N-dealkylation sites (N-methyl/N-ethyl adjacent to an activating group) is 1. The van der Waals surface area contributed by atoms with Crippen molar-refractivity contribution in [3.63, 3.8) is 0 Å². The van der Waals surface area contributed by atoms with Crippen LogP contribution in [0.4, 0.5) is 11.8 Å². The lowest BCUT2D eigenvalue weighted by molar-refractivity contribution is -0.0111. The van der Waals surface area contributed by atoms with Crippen LogP contribution in [0.5, 0.6) is 5.75 Å². The summed E-state index contributed by atoms with van der Waals surface area (Å²) in [5.74, 6) is 2.03. The number of hydrogen-bond acceptors (Lipinski definition) is 7. The molecule has 0 saturated carbocycles. The van der Waals surface area contributed by atoms with Crippen molar-refractivity contribution in [3.8, 4) is 5.75 Å². The van der Waals surface area contributed by atoms with Crippen LogP contribution in [0.3, 0.4) is 0 Å². The summed E-state index contributed by atoms with van der Waals surface area (Å²) in [6.07, 6.45) is 8.18. The topological polar surface area (TPSA) is 84.5 Å². The molecule has 6 rings (SSSR count). The number of fused-ring (bicyclic) bond motifs is 4. The fraction of sp³-hybridized carbons (Fsp3) is 0.556. The van der Waals surface area contributed by atoms with Crippen LogP contribution < -0.4 is 15.8 Å². The highest BCUT2D eigenvalue weighted by Gasteiger charge is 2.36. The number of rotatable bonds is 10. The SMILES string of the molecule is CCCCCNc1nc(N)nc2ccn(Cc3ccc(CN4CC5CCC4CN5C)cc3OC)c12. The normalized spacial score (nSPS) is 20.5. The van der Waals surface area contributed by atoms with Gasteiger partial charge in [-0.15, -0.1) is 0 Å². The van der Waals surface area contributed by atoms with Crippen LogP contribution in [0.15, 0.2) is 30.5 Å². The lowest BCUT2D eigenvalue weighted by atomic mass is 9.91. The van der Waals surface area contributed by atoms with Gasteiger partial charge in [-0.1, -0.05) is 31.9 Å². The van der Waals surface area contributed by atoms with Gasteiger partial charge in [0.05, 0.1) is 19.2 Å². The van der Waals surface area contributed by atoms with E-state index in [0.717, 1.165) is 54.2 Å². The molecule has 5 heterocycles. The highest BCUT2D eigenvalue weighted by atomic mass is 16.5. The van der Waals surface area contributed by atoms with Gasteiger partial charge in [-0.25, -0.2) is 4.98 Å². The predicted molar refractivity (Wildman–Crippen MR) is 142 cm³/mol. The van der Waals surface area contributed by atoms with E-state index in [1.165, 1.54) is 37.8 Å². The van der Waals surface area contributed by atoms with E-state index in [2.05, 4.69) is 68.0 Å². The maximum absolute atomic E-state index is 5.99. The third kappa shape index (κ3) is 5.09. The summed E-state index contributed by atoms with van der Waals surface area (Å²) in [6.45, 7) is 7.09. The Kier molecular flexibility index (Phi) is 7.11. The van der Waals surface area contributed by atoms with E-state index in [4.69, 9.17) is 10.5 Å². The fourth-order valence-electron chi connectivity index (χ4n) is 5.72. The van der Waals surface area contributed by atoms with Crippen LogP contribution >= 0.6 is 0 Å². The van der Waals surface area contributed by atoms with Crippen LogP contribution in [0.1, 0.15) is 50.2 Å². The number of piperazine rings is 1. The van der Waals surface area contributed by atoms with Crippen molar-refractivity contribution in [3.05, 3.63) is 41.6 Å². The lowest BCUT2D eigenvalue weighted by Gasteiger charge is -2.50. The van der Waals surface area contributed by atoms with E-state index in [9.17, 15) is 0 Å². The minimum absolute atomic E-state index is 0.299. The minimum Gasteiger partial charge on any atom is -0.496 e. The first-order valence-electron chi connectivity index (χ1n) is 13.0. The maximum atomic E-state index is 5.99. The van der Waals surface area contributed by atoms with Crippen LogP contribution in [0, 0.1) is 0 Å². The molecular formula is C27H39N7O. The van der Waals surface area contributed by atoms with E-state index >= 15 is 0 Å². The lowest BCUT2D eigenvalue weighted by Crippen LogP contribution is -2.60. The van der Waals surface area contributed by atoms with Crippen molar-refractivity contribution >= 4 is 22.8 Å². The number of hydrogen-bond donors (Lipinski definition) is 2. The Balaban J connectivity index is 1.35. The Morgan fingerprint density at radius 1 is 1.09 bits per heavy atom. The predicted octanol–water partition coefficient (Wildman–Crippen LogP) is 3.95. The molecule has 3 aliphatic heterocycles. The first-order valence-corrected chi connectivity index (χ1v) is 13.0. The molecule has 2 unspecified atom stereocenters. The molecule has 2 bridgehead atoms. The first-order chi connectivity index (χ1) is 17.1. The van der Waals surface area contributed by atoms with Gasteiger partial charge in [0.15, 0.2) is 5.82 Å². The number of nitrogens with one attached hydrogen (secondary N) is 1.